The molecule has 12 heteroatoms. The molecule has 2 heterocycles. The van der Waals surface area contributed by atoms with Crippen LogP contribution in [0.1, 0.15) is 27.9 Å². The quantitative estimate of drug-likeness (QED) is 0.357. The maximum Gasteiger partial charge on any atom is 0.416 e. The van der Waals surface area contributed by atoms with Gasteiger partial charge in [0.25, 0.3) is 5.91 Å². The van der Waals surface area contributed by atoms with E-state index >= 15 is 0 Å². The van der Waals surface area contributed by atoms with Crippen molar-refractivity contribution in [1.82, 2.24) is 20.1 Å². The number of rotatable bonds is 10. The monoisotopic (exact) mass is 590 g/mol. The van der Waals surface area contributed by atoms with Gasteiger partial charge < -0.3 is 24.6 Å². The second kappa shape index (κ2) is 13.3. The summed E-state index contributed by atoms with van der Waals surface area (Å²) in [7, 11) is 3.90. The van der Waals surface area contributed by atoms with E-state index in [4.69, 9.17) is 21.1 Å². The summed E-state index contributed by atoms with van der Waals surface area (Å²) in [6, 6.07) is 14.2. The Morgan fingerprint density at radius 1 is 1.15 bits per heavy atom. The number of aromatic nitrogens is 1. The number of amides is 2. The average Bonchev–Trinajstić information content (AvgIpc) is 3.44. The molecule has 1 aromatic heterocycles. The van der Waals surface area contributed by atoms with E-state index in [1.807, 2.05) is 44.4 Å². The molecular formula is C29H30ClF3N4O4. The normalized spacial score (nSPS) is 16.1. The smallest absolute Gasteiger partial charge is 0.416 e. The molecule has 2 unspecified atom stereocenters. The van der Waals surface area contributed by atoms with Gasteiger partial charge in [-0.1, -0.05) is 41.9 Å². The number of benzene rings is 2. The molecule has 0 saturated carbocycles. The fraction of sp³-hybridized carbons (Fsp3) is 0.345. The molecule has 0 spiro atoms. The minimum Gasteiger partial charge on any atom is -0.437 e. The van der Waals surface area contributed by atoms with Crippen molar-refractivity contribution >= 4 is 23.4 Å². The third-order valence-electron chi connectivity index (χ3n) is 6.69. The van der Waals surface area contributed by atoms with Crippen LogP contribution < -0.4 is 10.1 Å². The topological polar surface area (TPSA) is 84.0 Å². The first-order valence-electron chi connectivity index (χ1n) is 12.9. The Balaban J connectivity index is 1.51. The Kier molecular flexibility index (Phi) is 9.85. The number of likely N-dealkylation sites (tertiary alicyclic amines) is 1. The van der Waals surface area contributed by atoms with Crippen LogP contribution in [0.3, 0.4) is 0 Å². The molecule has 0 aliphatic carbocycles. The Morgan fingerprint density at radius 3 is 2.56 bits per heavy atom. The molecule has 41 heavy (non-hydrogen) atoms. The van der Waals surface area contributed by atoms with Crippen LogP contribution in [0.25, 0.3) is 0 Å². The molecule has 3 aromatic rings. The lowest BCUT2D eigenvalue weighted by molar-refractivity contribution is -0.137. The van der Waals surface area contributed by atoms with Crippen LogP contribution >= 0.6 is 11.6 Å². The number of halogens is 4. The fourth-order valence-electron chi connectivity index (χ4n) is 4.37. The van der Waals surface area contributed by atoms with Gasteiger partial charge in [0, 0.05) is 25.3 Å². The van der Waals surface area contributed by atoms with Crippen LogP contribution in [0.5, 0.6) is 11.6 Å². The molecule has 1 saturated heterocycles. The Labute approximate surface area is 241 Å². The first kappa shape index (κ1) is 30.3. The number of alkyl halides is 3. The van der Waals surface area contributed by atoms with Crippen LogP contribution in [-0.4, -0.2) is 72.5 Å². The Morgan fingerprint density at radius 2 is 1.90 bits per heavy atom. The highest BCUT2D eigenvalue weighted by Crippen LogP contribution is 2.36. The van der Waals surface area contributed by atoms with Crippen molar-refractivity contribution in [2.45, 2.75) is 31.3 Å². The predicted molar refractivity (Wildman–Crippen MR) is 147 cm³/mol. The minimum atomic E-state index is -4.58. The summed E-state index contributed by atoms with van der Waals surface area (Å²) >= 11 is 6.03. The number of hydrogen-bond donors (Lipinski definition) is 1. The molecule has 1 fully saturated rings. The van der Waals surface area contributed by atoms with E-state index in [9.17, 15) is 22.8 Å². The van der Waals surface area contributed by atoms with Crippen molar-refractivity contribution in [2.24, 2.45) is 0 Å². The molecule has 1 N–H and O–H groups in total. The van der Waals surface area contributed by atoms with Gasteiger partial charge in [0.05, 0.1) is 23.8 Å². The van der Waals surface area contributed by atoms with E-state index in [0.717, 1.165) is 30.2 Å². The molecule has 218 valence electrons. The zero-order valence-corrected chi connectivity index (χ0v) is 23.3. The number of carbonyl (C=O) groups is 2. The number of nitrogens with zero attached hydrogens (tertiary/aromatic N) is 3. The average molecular weight is 591 g/mol. The fourth-order valence-corrected chi connectivity index (χ4v) is 4.59. The minimum absolute atomic E-state index is 0.0306. The van der Waals surface area contributed by atoms with Crippen LogP contribution in [0, 0.1) is 0 Å². The predicted octanol–water partition coefficient (Wildman–Crippen LogP) is 5.02. The summed E-state index contributed by atoms with van der Waals surface area (Å²) in [6.07, 6.45) is -2.41. The standard InChI is InChI=1S/C29H30ClF3N4O4/c1-36(2)21-12-14-37(16-21)28(39)24(18-40-17-19-7-4-3-5-8-19)35-26(38)22-9-6-13-34-27(22)41-25-11-10-20(15-23(25)30)29(31,32)33/h3-11,13,15,21,24H,12,14,16-18H2,1-2H3,(H,35,38). The SMILES string of the molecule is CN(C)C1CCN(C(=O)C(COCc2ccccc2)NC(=O)c2cccnc2Oc2ccc(C(F)(F)F)cc2Cl)C1. The van der Waals surface area contributed by atoms with Crippen LogP contribution in [0.4, 0.5) is 13.2 Å². The second-order valence-electron chi connectivity index (χ2n) is 9.82. The van der Waals surface area contributed by atoms with E-state index in [2.05, 4.69) is 15.2 Å². The van der Waals surface area contributed by atoms with Crippen molar-refractivity contribution in [1.29, 1.82) is 0 Å². The molecule has 2 amide bonds. The summed E-state index contributed by atoms with van der Waals surface area (Å²) in [6.45, 7) is 1.23. The van der Waals surface area contributed by atoms with Crippen molar-refractivity contribution < 1.29 is 32.2 Å². The Hall–Kier alpha value is -3.67. The lowest BCUT2D eigenvalue weighted by atomic mass is 10.2. The number of carbonyl (C=O) groups excluding carboxylic acids is 2. The van der Waals surface area contributed by atoms with E-state index < -0.39 is 23.7 Å². The largest absolute Gasteiger partial charge is 0.437 e. The summed E-state index contributed by atoms with van der Waals surface area (Å²) in [5.74, 6) is -1.25. The van der Waals surface area contributed by atoms with Crippen LogP contribution in [-0.2, 0) is 22.3 Å². The molecule has 8 nitrogen and oxygen atoms in total. The first-order valence-corrected chi connectivity index (χ1v) is 13.3. The zero-order valence-electron chi connectivity index (χ0n) is 22.5. The summed E-state index contributed by atoms with van der Waals surface area (Å²) in [5.41, 5.74) is -0.0590. The van der Waals surface area contributed by atoms with Gasteiger partial charge in [-0.3, -0.25) is 9.59 Å². The van der Waals surface area contributed by atoms with E-state index in [0.29, 0.717) is 13.1 Å². The van der Waals surface area contributed by atoms with Crippen molar-refractivity contribution in [3.05, 3.63) is 88.6 Å². The van der Waals surface area contributed by atoms with Gasteiger partial charge in [-0.25, -0.2) is 4.98 Å². The van der Waals surface area contributed by atoms with Crippen molar-refractivity contribution in [3.8, 4) is 11.6 Å². The molecular weight excluding hydrogens is 561 g/mol. The number of nitrogens with one attached hydrogen (secondary N) is 1. The number of hydrogen-bond acceptors (Lipinski definition) is 6. The third kappa shape index (κ3) is 7.96. The van der Waals surface area contributed by atoms with Gasteiger partial charge >= 0.3 is 6.18 Å². The highest BCUT2D eigenvalue weighted by atomic mass is 35.5. The highest BCUT2D eigenvalue weighted by molar-refractivity contribution is 6.32. The molecule has 2 aromatic carbocycles. The Bertz CT molecular complexity index is 1360. The second-order valence-corrected chi connectivity index (χ2v) is 10.2. The molecule has 0 radical (unpaired) electrons. The summed E-state index contributed by atoms with van der Waals surface area (Å²) < 4.78 is 50.6. The summed E-state index contributed by atoms with van der Waals surface area (Å²) in [5, 5.41) is 2.44. The summed E-state index contributed by atoms with van der Waals surface area (Å²) in [4.78, 5) is 34.8. The van der Waals surface area contributed by atoms with Gasteiger partial charge in [-0.15, -0.1) is 0 Å². The molecule has 1 aliphatic heterocycles. The molecule has 1 aliphatic rings. The van der Waals surface area contributed by atoms with Crippen LogP contribution in [0.15, 0.2) is 66.9 Å². The highest BCUT2D eigenvalue weighted by Gasteiger charge is 2.34. The van der Waals surface area contributed by atoms with Crippen molar-refractivity contribution in [2.75, 3.05) is 33.8 Å². The maximum atomic E-state index is 13.5. The van der Waals surface area contributed by atoms with E-state index in [1.54, 1.807) is 4.90 Å². The number of pyridine rings is 1. The third-order valence-corrected chi connectivity index (χ3v) is 6.98. The maximum absolute atomic E-state index is 13.5. The van der Waals surface area contributed by atoms with E-state index in [1.165, 1.54) is 18.3 Å². The first-order chi connectivity index (χ1) is 19.5. The lowest BCUT2D eigenvalue weighted by Crippen LogP contribution is -2.51. The van der Waals surface area contributed by atoms with Crippen molar-refractivity contribution in [3.63, 3.8) is 0 Å². The van der Waals surface area contributed by atoms with Gasteiger partial charge in [-0.2, -0.15) is 13.2 Å². The van der Waals surface area contributed by atoms with Gasteiger partial charge in [0.1, 0.15) is 17.4 Å². The molecule has 2 atom stereocenters. The van der Waals surface area contributed by atoms with Gasteiger partial charge in [-0.05, 0) is 56.4 Å². The zero-order chi connectivity index (χ0) is 29.6. The van der Waals surface area contributed by atoms with Gasteiger partial charge in [0.2, 0.25) is 11.8 Å². The lowest BCUT2D eigenvalue weighted by Gasteiger charge is -2.25. The number of ether oxygens (including phenoxy) is 2. The van der Waals surface area contributed by atoms with E-state index in [-0.39, 0.29) is 47.4 Å². The van der Waals surface area contributed by atoms with Crippen LogP contribution in [0.2, 0.25) is 5.02 Å². The van der Waals surface area contributed by atoms with Gasteiger partial charge in [0.15, 0.2) is 0 Å². The molecule has 4 rings (SSSR count). The number of likely N-dealkylation sites (N-methyl/N-ethyl adjacent to an activating group) is 1. The molecule has 0 bridgehead atoms.